The minimum Gasteiger partial charge on any atom is -0.318 e. The predicted molar refractivity (Wildman–Crippen MR) is 49.3 cm³/mol. The maximum atomic E-state index is 5.83. The summed E-state index contributed by atoms with van der Waals surface area (Å²) in [6.07, 6.45) is 0.933. The Kier molecular flexibility index (Phi) is 3.44. The number of nitrogens with one attached hydrogen (secondary N) is 2. The highest BCUT2D eigenvalue weighted by atomic mass is 35.5. The minimum atomic E-state index is -0.424. The second-order valence-corrected chi connectivity index (χ2v) is 4.51. The Morgan fingerprint density at radius 3 is 2.55 bits per heavy atom. The molecular weight excluding hydrogens is 183 g/mol. The van der Waals surface area contributed by atoms with Gasteiger partial charge in [0.15, 0.2) is 0 Å². The molecule has 66 valence electrons. The van der Waals surface area contributed by atoms with Gasteiger partial charge < -0.3 is 10.6 Å². The largest absolute Gasteiger partial charge is 0.318 e. The third-order valence-electron chi connectivity index (χ3n) is 1.90. The van der Waals surface area contributed by atoms with Crippen LogP contribution in [0.4, 0.5) is 0 Å². The van der Waals surface area contributed by atoms with Gasteiger partial charge in [-0.3, -0.25) is 0 Å². The van der Waals surface area contributed by atoms with Crippen LogP contribution in [-0.2, 0) is 0 Å². The molecule has 2 nitrogen and oxygen atoms in total. The van der Waals surface area contributed by atoms with E-state index >= 15 is 0 Å². The maximum Gasteiger partial charge on any atom is 0.122 e. The Bertz CT molecular complexity index is 128. The number of likely N-dealkylation sites (N-methyl/N-ethyl adjacent to an activating group) is 1. The zero-order valence-corrected chi connectivity index (χ0v) is 8.17. The molecule has 4 heteroatoms. The lowest BCUT2D eigenvalue weighted by molar-refractivity contribution is 0.613. The Morgan fingerprint density at radius 2 is 2.09 bits per heavy atom. The summed E-state index contributed by atoms with van der Waals surface area (Å²) in [6.45, 7) is 2.91. The smallest absolute Gasteiger partial charge is 0.122 e. The lowest BCUT2D eigenvalue weighted by atomic mass is 10.4. The number of rotatable bonds is 5. The Balaban J connectivity index is 1.90. The van der Waals surface area contributed by atoms with Crippen molar-refractivity contribution in [2.24, 2.45) is 5.92 Å². The van der Waals surface area contributed by atoms with Gasteiger partial charge in [0.25, 0.3) is 0 Å². The lowest BCUT2D eigenvalue weighted by Crippen LogP contribution is -2.27. The number of hydrogen-bond acceptors (Lipinski definition) is 2. The SMILES string of the molecule is CNCCNCC1CC1(Cl)Cl. The van der Waals surface area contributed by atoms with Crippen LogP contribution >= 0.6 is 23.2 Å². The number of hydrogen-bond donors (Lipinski definition) is 2. The van der Waals surface area contributed by atoms with Crippen LogP contribution in [0.1, 0.15) is 6.42 Å². The molecule has 0 radical (unpaired) electrons. The summed E-state index contributed by atoms with van der Waals surface area (Å²) < 4.78 is -0.424. The maximum absolute atomic E-state index is 5.83. The van der Waals surface area contributed by atoms with E-state index in [9.17, 15) is 0 Å². The second kappa shape index (κ2) is 3.94. The minimum absolute atomic E-state index is 0.424. The molecule has 1 rings (SSSR count). The molecule has 0 aromatic heterocycles. The van der Waals surface area contributed by atoms with Gasteiger partial charge in [0.05, 0.1) is 0 Å². The molecule has 0 aromatic carbocycles. The summed E-state index contributed by atoms with van der Waals surface area (Å²) >= 11 is 11.7. The molecular formula is C7H14Cl2N2. The van der Waals surface area contributed by atoms with Crippen LogP contribution in [0.25, 0.3) is 0 Å². The van der Waals surface area contributed by atoms with E-state index in [1.807, 2.05) is 7.05 Å². The average Bonchev–Trinajstić information content (AvgIpc) is 2.52. The molecule has 11 heavy (non-hydrogen) atoms. The van der Waals surface area contributed by atoms with Crippen LogP contribution in [-0.4, -0.2) is 31.0 Å². The first-order valence-corrected chi connectivity index (χ1v) is 4.65. The molecule has 0 aliphatic heterocycles. The van der Waals surface area contributed by atoms with E-state index in [-0.39, 0.29) is 0 Å². The van der Waals surface area contributed by atoms with Gasteiger partial charge in [-0.2, -0.15) is 0 Å². The fourth-order valence-corrected chi connectivity index (χ4v) is 1.51. The first-order chi connectivity index (χ1) is 5.17. The van der Waals surface area contributed by atoms with Gasteiger partial charge in [-0.05, 0) is 13.5 Å². The summed E-state index contributed by atoms with van der Waals surface area (Å²) in [5.41, 5.74) is 0. The van der Waals surface area contributed by atoms with E-state index in [1.165, 1.54) is 0 Å². The Morgan fingerprint density at radius 1 is 1.45 bits per heavy atom. The first-order valence-electron chi connectivity index (χ1n) is 3.90. The summed E-state index contributed by atoms with van der Waals surface area (Å²) in [4.78, 5) is 0. The van der Waals surface area contributed by atoms with Crippen molar-refractivity contribution in [1.29, 1.82) is 0 Å². The van der Waals surface area contributed by atoms with Crippen molar-refractivity contribution in [3.63, 3.8) is 0 Å². The van der Waals surface area contributed by atoms with Crippen molar-refractivity contribution in [3.05, 3.63) is 0 Å². The molecule has 1 unspecified atom stereocenters. The van der Waals surface area contributed by atoms with Gasteiger partial charge in [0.2, 0.25) is 0 Å². The quantitative estimate of drug-likeness (QED) is 0.507. The number of halogens is 2. The third-order valence-corrected chi connectivity index (χ3v) is 2.82. The first kappa shape index (κ1) is 9.59. The second-order valence-electron chi connectivity index (χ2n) is 2.97. The van der Waals surface area contributed by atoms with Crippen LogP contribution in [0.5, 0.6) is 0 Å². The number of alkyl halides is 2. The van der Waals surface area contributed by atoms with Crippen LogP contribution in [0.3, 0.4) is 0 Å². The highest BCUT2D eigenvalue weighted by Gasteiger charge is 2.50. The zero-order chi connectivity index (χ0) is 8.32. The average molecular weight is 197 g/mol. The molecule has 1 fully saturated rings. The fraction of sp³-hybridized carbons (Fsp3) is 1.00. The summed E-state index contributed by atoms with van der Waals surface area (Å²) in [5, 5.41) is 6.33. The molecule has 1 aliphatic carbocycles. The van der Waals surface area contributed by atoms with Crippen LogP contribution in [0.2, 0.25) is 0 Å². The summed E-state index contributed by atoms with van der Waals surface area (Å²) in [7, 11) is 1.94. The van der Waals surface area contributed by atoms with Crippen molar-refractivity contribution < 1.29 is 0 Å². The van der Waals surface area contributed by atoms with E-state index in [0.717, 1.165) is 26.1 Å². The topological polar surface area (TPSA) is 24.1 Å². The zero-order valence-electron chi connectivity index (χ0n) is 6.66. The molecule has 1 atom stereocenters. The van der Waals surface area contributed by atoms with Gasteiger partial charge in [0.1, 0.15) is 4.33 Å². The van der Waals surface area contributed by atoms with Gasteiger partial charge in [-0.15, -0.1) is 23.2 Å². The van der Waals surface area contributed by atoms with Crippen LogP contribution < -0.4 is 10.6 Å². The molecule has 0 amide bonds. The monoisotopic (exact) mass is 196 g/mol. The predicted octanol–water partition coefficient (Wildman–Crippen LogP) is 0.989. The highest BCUT2D eigenvalue weighted by molar-refractivity contribution is 6.50. The third kappa shape index (κ3) is 3.16. The molecule has 0 aromatic rings. The van der Waals surface area contributed by atoms with Crippen molar-refractivity contribution in [1.82, 2.24) is 10.6 Å². The van der Waals surface area contributed by atoms with Gasteiger partial charge in [-0.25, -0.2) is 0 Å². The fourth-order valence-electron chi connectivity index (χ4n) is 0.981. The molecule has 0 spiro atoms. The van der Waals surface area contributed by atoms with Crippen molar-refractivity contribution >= 4 is 23.2 Å². The van der Waals surface area contributed by atoms with Gasteiger partial charge >= 0.3 is 0 Å². The van der Waals surface area contributed by atoms with Crippen LogP contribution in [0, 0.1) is 5.92 Å². The Hall–Kier alpha value is 0.500. The molecule has 0 heterocycles. The van der Waals surface area contributed by atoms with E-state index in [4.69, 9.17) is 23.2 Å². The lowest BCUT2D eigenvalue weighted by Gasteiger charge is -2.02. The van der Waals surface area contributed by atoms with Gasteiger partial charge in [0, 0.05) is 25.6 Å². The summed E-state index contributed by atoms with van der Waals surface area (Å²) in [5.74, 6) is 0.461. The van der Waals surface area contributed by atoms with E-state index in [0.29, 0.717) is 5.92 Å². The van der Waals surface area contributed by atoms with Crippen molar-refractivity contribution in [3.8, 4) is 0 Å². The summed E-state index contributed by atoms with van der Waals surface area (Å²) in [6, 6.07) is 0. The normalized spacial score (nSPS) is 27.0. The van der Waals surface area contributed by atoms with Crippen molar-refractivity contribution in [2.75, 3.05) is 26.7 Å². The Labute approximate surface area is 77.6 Å². The molecule has 2 N–H and O–H groups in total. The van der Waals surface area contributed by atoms with E-state index in [2.05, 4.69) is 10.6 Å². The van der Waals surface area contributed by atoms with Crippen LogP contribution in [0.15, 0.2) is 0 Å². The standard InChI is InChI=1S/C7H14Cl2N2/c1-10-2-3-11-5-6-4-7(6,8)9/h6,10-11H,2-5H2,1H3. The van der Waals surface area contributed by atoms with Gasteiger partial charge in [-0.1, -0.05) is 0 Å². The van der Waals surface area contributed by atoms with E-state index in [1.54, 1.807) is 0 Å². The molecule has 0 bridgehead atoms. The molecule has 1 saturated carbocycles. The van der Waals surface area contributed by atoms with E-state index < -0.39 is 4.33 Å². The highest BCUT2D eigenvalue weighted by Crippen LogP contribution is 2.52. The molecule has 0 saturated heterocycles. The van der Waals surface area contributed by atoms with Crippen molar-refractivity contribution in [2.45, 2.75) is 10.8 Å². The molecule has 1 aliphatic rings.